The number of aromatic nitrogens is 3. The van der Waals surface area contributed by atoms with Gasteiger partial charge in [0.05, 0.1) is 27.7 Å². The number of Topliss-reactive ketones (excluding diaryl/α,β-unsaturated/α-hetero) is 1. The lowest BCUT2D eigenvalue weighted by Crippen LogP contribution is -2.08. The molecular formula is C28H45N3O2S. The summed E-state index contributed by atoms with van der Waals surface area (Å²) in [5.74, 6) is 0.861. The van der Waals surface area contributed by atoms with Crippen molar-refractivity contribution < 1.29 is 9.53 Å². The van der Waals surface area contributed by atoms with Crippen molar-refractivity contribution in [2.45, 2.75) is 70.9 Å². The molecule has 0 atom stereocenters. The van der Waals surface area contributed by atoms with Crippen LogP contribution in [0.4, 0.5) is 0 Å². The molecule has 1 N–H and O–H groups in total. The molecule has 0 saturated carbocycles. The Morgan fingerprint density at radius 2 is 1.47 bits per heavy atom. The Balaban J connectivity index is -0.000000563. The second-order valence-electron chi connectivity index (χ2n) is 7.11. The van der Waals surface area contributed by atoms with E-state index in [1.807, 2.05) is 75.5 Å². The first-order chi connectivity index (χ1) is 14.0. The van der Waals surface area contributed by atoms with Crippen molar-refractivity contribution in [3.8, 4) is 16.5 Å². The van der Waals surface area contributed by atoms with Gasteiger partial charge < -0.3 is 9.72 Å². The summed E-state index contributed by atoms with van der Waals surface area (Å²) in [4.78, 5) is 24.4. The molecule has 34 heavy (non-hydrogen) atoms. The molecule has 5 nitrogen and oxygen atoms in total. The average molecular weight is 488 g/mol. The van der Waals surface area contributed by atoms with E-state index >= 15 is 0 Å². The average Bonchev–Trinajstić information content (AvgIpc) is 3.41. The summed E-state index contributed by atoms with van der Waals surface area (Å²) in [6.07, 6.45) is 1.84. The summed E-state index contributed by atoms with van der Waals surface area (Å²) in [5, 5.41) is 2.03. The van der Waals surface area contributed by atoms with Crippen LogP contribution in [0.5, 0.6) is 5.88 Å². The van der Waals surface area contributed by atoms with Gasteiger partial charge >= 0.3 is 0 Å². The fourth-order valence-corrected chi connectivity index (χ4v) is 3.36. The number of ether oxygens (including phenoxy) is 1. The zero-order valence-corrected chi connectivity index (χ0v) is 17.9. The van der Waals surface area contributed by atoms with Crippen LogP contribution in [-0.4, -0.2) is 26.8 Å². The standard InChI is InChI=1S/C15H14N2OS.C8H11NO.5CH4/c1-10(2)18-15-14(13-8-5-9-19-13)16-11-6-3-4-7-12(11)17-15;1-6(2)8(10)7-4-3-5-9-7;;;;;/h3-10H,1-2H3;3-6,9H,1-2H3;5*1H4. The van der Waals surface area contributed by atoms with Gasteiger partial charge in [-0.3, -0.25) is 4.79 Å². The lowest BCUT2D eigenvalue weighted by molar-refractivity contribution is 0.0935. The Kier molecular flexibility index (Phi) is 17.4. The molecule has 0 unspecified atom stereocenters. The van der Waals surface area contributed by atoms with Gasteiger partial charge in [-0.15, -0.1) is 11.3 Å². The molecule has 0 aliphatic heterocycles. The van der Waals surface area contributed by atoms with E-state index in [0.717, 1.165) is 21.6 Å². The highest BCUT2D eigenvalue weighted by molar-refractivity contribution is 7.13. The van der Waals surface area contributed by atoms with E-state index in [4.69, 9.17) is 9.72 Å². The molecule has 4 rings (SSSR count). The maximum Gasteiger partial charge on any atom is 0.242 e. The van der Waals surface area contributed by atoms with E-state index in [-0.39, 0.29) is 54.9 Å². The third-order valence-electron chi connectivity index (χ3n) is 4.03. The van der Waals surface area contributed by atoms with Crippen LogP contribution in [0.15, 0.2) is 60.1 Å². The molecule has 1 aromatic carbocycles. The van der Waals surface area contributed by atoms with Crippen molar-refractivity contribution >= 4 is 28.2 Å². The Morgan fingerprint density at radius 1 is 0.853 bits per heavy atom. The van der Waals surface area contributed by atoms with Crippen molar-refractivity contribution in [1.29, 1.82) is 0 Å². The lowest BCUT2D eigenvalue weighted by Gasteiger charge is -2.12. The van der Waals surface area contributed by atoms with Crippen LogP contribution in [0.1, 0.15) is 75.3 Å². The first-order valence-electron chi connectivity index (χ1n) is 9.60. The molecule has 0 bridgehead atoms. The minimum Gasteiger partial charge on any atom is -0.473 e. The van der Waals surface area contributed by atoms with Crippen LogP contribution in [0, 0.1) is 5.92 Å². The zero-order chi connectivity index (χ0) is 20.8. The van der Waals surface area contributed by atoms with Crippen molar-refractivity contribution in [2.24, 2.45) is 5.92 Å². The number of hydrogen-bond donors (Lipinski definition) is 1. The number of carbonyl (C=O) groups excluding carboxylic acids is 1. The number of aromatic amines is 1. The number of rotatable bonds is 5. The number of carbonyl (C=O) groups is 1. The molecule has 0 radical (unpaired) electrons. The van der Waals surface area contributed by atoms with Gasteiger partial charge in [0.25, 0.3) is 0 Å². The Morgan fingerprint density at radius 3 is 1.94 bits per heavy atom. The second-order valence-corrected chi connectivity index (χ2v) is 8.06. The second kappa shape index (κ2) is 16.6. The summed E-state index contributed by atoms with van der Waals surface area (Å²) < 4.78 is 5.81. The maximum atomic E-state index is 11.2. The SMILES string of the molecule is C.C.C.C.C.CC(C)C(=O)c1ccc[nH]1.CC(C)Oc1nc2ccccc2nc1-c1cccs1. The molecule has 0 aliphatic carbocycles. The molecule has 6 heteroatoms. The monoisotopic (exact) mass is 487 g/mol. The molecule has 0 fully saturated rings. The van der Waals surface area contributed by atoms with Gasteiger partial charge in [-0.25, -0.2) is 9.97 Å². The molecule has 3 aromatic heterocycles. The Hall–Kier alpha value is -2.99. The number of ketones is 1. The minimum atomic E-state index is 0. The van der Waals surface area contributed by atoms with Gasteiger partial charge in [0, 0.05) is 12.1 Å². The van der Waals surface area contributed by atoms with E-state index in [0.29, 0.717) is 11.6 Å². The van der Waals surface area contributed by atoms with Crippen molar-refractivity contribution in [3.63, 3.8) is 0 Å². The number of H-pyrrole nitrogens is 1. The fraction of sp³-hybridized carbons (Fsp3) is 0.393. The summed E-state index contributed by atoms with van der Waals surface area (Å²) in [5.41, 5.74) is 3.28. The van der Waals surface area contributed by atoms with Gasteiger partial charge in [0.2, 0.25) is 5.88 Å². The van der Waals surface area contributed by atoms with Crippen LogP contribution in [0.25, 0.3) is 21.6 Å². The number of thiophene rings is 1. The predicted molar refractivity (Wildman–Crippen MR) is 152 cm³/mol. The molecule has 0 saturated heterocycles. The van der Waals surface area contributed by atoms with Gasteiger partial charge in [-0.2, -0.15) is 0 Å². The van der Waals surface area contributed by atoms with Gasteiger partial charge in [-0.1, -0.05) is 69.2 Å². The van der Waals surface area contributed by atoms with E-state index in [1.54, 1.807) is 23.6 Å². The van der Waals surface area contributed by atoms with Crippen molar-refractivity contribution in [2.75, 3.05) is 0 Å². The summed E-state index contributed by atoms with van der Waals surface area (Å²) in [6, 6.07) is 15.5. The number of fused-ring (bicyclic) bond motifs is 1. The highest BCUT2D eigenvalue weighted by Gasteiger charge is 2.14. The van der Waals surface area contributed by atoms with E-state index in [1.165, 1.54) is 0 Å². The molecule has 4 aromatic rings. The maximum absolute atomic E-state index is 11.2. The largest absolute Gasteiger partial charge is 0.473 e. The number of nitrogens with zero attached hydrogens (tertiary/aromatic N) is 2. The number of para-hydroxylation sites is 2. The van der Waals surface area contributed by atoms with E-state index in [2.05, 4.69) is 9.97 Å². The lowest BCUT2D eigenvalue weighted by atomic mass is 10.1. The van der Waals surface area contributed by atoms with Crippen LogP contribution >= 0.6 is 11.3 Å². The van der Waals surface area contributed by atoms with Gasteiger partial charge in [-0.05, 0) is 49.6 Å². The summed E-state index contributed by atoms with van der Waals surface area (Å²) in [7, 11) is 0. The number of benzene rings is 1. The molecule has 0 amide bonds. The summed E-state index contributed by atoms with van der Waals surface area (Å²) in [6.45, 7) is 7.77. The molecule has 190 valence electrons. The van der Waals surface area contributed by atoms with Crippen LogP contribution < -0.4 is 4.74 Å². The van der Waals surface area contributed by atoms with E-state index < -0.39 is 0 Å². The van der Waals surface area contributed by atoms with Gasteiger partial charge in [0.15, 0.2) is 5.78 Å². The molecular weight excluding hydrogens is 442 g/mol. The smallest absolute Gasteiger partial charge is 0.242 e. The Bertz CT molecular complexity index is 1060. The first kappa shape index (κ1) is 35.6. The number of hydrogen-bond acceptors (Lipinski definition) is 5. The fourth-order valence-electron chi connectivity index (χ4n) is 2.66. The third kappa shape index (κ3) is 9.10. The molecule has 0 spiro atoms. The van der Waals surface area contributed by atoms with Crippen LogP contribution in [0.2, 0.25) is 0 Å². The third-order valence-corrected chi connectivity index (χ3v) is 4.90. The van der Waals surface area contributed by atoms with Crippen LogP contribution in [0.3, 0.4) is 0 Å². The topological polar surface area (TPSA) is 67.9 Å². The zero-order valence-electron chi connectivity index (χ0n) is 17.0. The van der Waals surface area contributed by atoms with E-state index in [9.17, 15) is 4.79 Å². The molecule has 0 aliphatic rings. The van der Waals surface area contributed by atoms with Gasteiger partial charge in [0.1, 0.15) is 5.69 Å². The predicted octanol–water partition coefficient (Wildman–Crippen LogP) is 9.18. The Labute approximate surface area is 211 Å². The first-order valence-corrected chi connectivity index (χ1v) is 10.5. The molecule has 3 heterocycles. The quantitative estimate of drug-likeness (QED) is 0.285. The minimum absolute atomic E-state index is 0. The summed E-state index contributed by atoms with van der Waals surface area (Å²) >= 11 is 1.64. The highest BCUT2D eigenvalue weighted by atomic mass is 32.1. The van der Waals surface area contributed by atoms with Crippen molar-refractivity contribution in [1.82, 2.24) is 15.0 Å². The highest BCUT2D eigenvalue weighted by Crippen LogP contribution is 2.32. The van der Waals surface area contributed by atoms with Crippen molar-refractivity contribution in [3.05, 3.63) is 65.8 Å². The normalized spacial score (nSPS) is 9.24. The van der Waals surface area contributed by atoms with Crippen LogP contribution in [-0.2, 0) is 0 Å². The number of nitrogens with one attached hydrogen (secondary N) is 1.